The van der Waals surface area contributed by atoms with E-state index in [0.717, 1.165) is 16.7 Å². The molecule has 7 heteroatoms. The van der Waals surface area contributed by atoms with Gasteiger partial charge in [-0.15, -0.1) is 0 Å². The van der Waals surface area contributed by atoms with E-state index in [1.807, 2.05) is 12.1 Å². The van der Waals surface area contributed by atoms with Gasteiger partial charge in [0.1, 0.15) is 17.1 Å². The summed E-state index contributed by atoms with van der Waals surface area (Å²) in [6, 6.07) is 7.20. The average Bonchev–Trinajstić information content (AvgIpc) is 2.53. The molecular formula is C18H16NO5S. The number of aliphatic hydroxyl groups excluding tert-OH is 2. The van der Waals surface area contributed by atoms with Gasteiger partial charge in [0.25, 0.3) is 5.91 Å². The Labute approximate surface area is 147 Å². The molecule has 4 rings (SSSR count). The number of amides is 1. The first-order chi connectivity index (χ1) is 11.9. The number of hydrogen-bond donors (Lipinski definition) is 4. The molecule has 3 unspecified atom stereocenters. The maximum Gasteiger partial charge on any atom is 0.255 e. The number of hydrogen-bond acceptors (Lipinski definition) is 5. The van der Waals surface area contributed by atoms with Crippen LogP contribution in [-0.4, -0.2) is 32.9 Å². The number of ketones is 2. The molecule has 0 fully saturated rings. The summed E-state index contributed by atoms with van der Waals surface area (Å²) in [5.74, 6) is -3.93. The first-order valence-electron chi connectivity index (χ1n) is 7.94. The lowest BCUT2D eigenvalue weighted by Gasteiger charge is -2.40. The predicted molar refractivity (Wildman–Crippen MR) is 91.5 cm³/mol. The molecular weight excluding hydrogens is 342 g/mol. The number of rotatable bonds is 1. The number of fused-ring (bicyclic) bond motifs is 3. The van der Waals surface area contributed by atoms with Crippen molar-refractivity contribution in [2.75, 3.05) is 0 Å². The second kappa shape index (κ2) is 5.49. The van der Waals surface area contributed by atoms with Crippen molar-refractivity contribution >= 4 is 29.2 Å². The summed E-state index contributed by atoms with van der Waals surface area (Å²) in [7, 11) is 0. The van der Waals surface area contributed by atoms with Crippen LogP contribution in [0, 0.1) is 11.8 Å². The Hall–Kier alpha value is -2.54. The maximum atomic E-state index is 12.8. The summed E-state index contributed by atoms with van der Waals surface area (Å²) in [5, 5.41) is 20.5. The van der Waals surface area contributed by atoms with E-state index in [-0.39, 0.29) is 40.5 Å². The third-order valence-electron chi connectivity index (χ3n) is 5.11. The van der Waals surface area contributed by atoms with Crippen LogP contribution in [0.5, 0.6) is 0 Å². The zero-order chi connectivity index (χ0) is 17.9. The number of primary amides is 1. The number of allylic oxidation sites excluding steroid dienone is 2. The molecule has 25 heavy (non-hydrogen) atoms. The molecule has 0 aromatic heterocycles. The van der Waals surface area contributed by atoms with E-state index in [4.69, 9.17) is 5.73 Å². The molecule has 1 heterocycles. The number of Topliss-reactive ketones (excluding diaryl/α,β-unsaturated/α-hetero) is 2. The summed E-state index contributed by atoms with van der Waals surface area (Å²) < 4.78 is 0. The first kappa shape index (κ1) is 16.0. The van der Waals surface area contributed by atoms with Gasteiger partial charge in [0, 0.05) is 22.1 Å². The van der Waals surface area contributed by atoms with Crippen molar-refractivity contribution in [3.05, 3.63) is 52.5 Å². The highest BCUT2D eigenvalue weighted by Gasteiger charge is 2.49. The van der Waals surface area contributed by atoms with Crippen LogP contribution in [0.3, 0.4) is 0 Å². The first-order valence-corrected chi connectivity index (χ1v) is 8.90. The van der Waals surface area contributed by atoms with Gasteiger partial charge in [0.05, 0.1) is 11.5 Å². The molecule has 3 atom stereocenters. The summed E-state index contributed by atoms with van der Waals surface area (Å²) in [4.78, 5) is 37.8. The zero-order valence-corrected chi connectivity index (χ0v) is 14.0. The number of carbonyl (C=O) groups is 3. The van der Waals surface area contributed by atoms with Gasteiger partial charge >= 0.3 is 0 Å². The SMILES string of the molecule is NC(=O)C1=C(O)CC2CC3[SH]c4ccccc4C(=O)C3=C(O)C2C1=O. The Morgan fingerprint density at radius 3 is 2.64 bits per heavy atom. The molecule has 0 spiro atoms. The summed E-state index contributed by atoms with van der Waals surface area (Å²) in [5.41, 5.74) is 5.50. The van der Waals surface area contributed by atoms with E-state index in [2.05, 4.69) is 0 Å². The van der Waals surface area contributed by atoms with Crippen molar-refractivity contribution in [2.24, 2.45) is 17.6 Å². The van der Waals surface area contributed by atoms with E-state index < -0.39 is 23.2 Å². The van der Waals surface area contributed by atoms with Crippen LogP contribution >= 0.6 is 11.8 Å². The van der Waals surface area contributed by atoms with E-state index in [9.17, 15) is 24.6 Å². The van der Waals surface area contributed by atoms with Crippen molar-refractivity contribution in [1.82, 2.24) is 0 Å². The molecule has 1 amide bonds. The molecule has 1 aliphatic heterocycles. The fraction of sp³-hybridized carbons (Fsp3) is 0.278. The number of aliphatic hydroxyl groups is 2. The van der Waals surface area contributed by atoms with E-state index in [1.54, 1.807) is 12.1 Å². The summed E-state index contributed by atoms with van der Waals surface area (Å²) in [6.07, 6.45) is 0.571. The highest BCUT2D eigenvalue weighted by Crippen LogP contribution is 2.50. The number of thiol groups is 1. The van der Waals surface area contributed by atoms with E-state index in [1.165, 1.54) is 0 Å². The Bertz CT molecular complexity index is 900. The fourth-order valence-electron chi connectivity index (χ4n) is 4.03. The minimum atomic E-state index is -1.01. The Morgan fingerprint density at radius 2 is 1.92 bits per heavy atom. The molecule has 0 bridgehead atoms. The summed E-state index contributed by atoms with van der Waals surface area (Å²) in [6.45, 7) is 0. The topological polar surface area (TPSA) is 118 Å². The van der Waals surface area contributed by atoms with Gasteiger partial charge in [0.15, 0.2) is 11.6 Å². The van der Waals surface area contributed by atoms with Gasteiger partial charge in [-0.05, 0) is 24.5 Å². The largest absolute Gasteiger partial charge is 0.511 e. The van der Waals surface area contributed by atoms with Gasteiger partial charge in [-0.25, -0.2) is 0 Å². The van der Waals surface area contributed by atoms with Crippen molar-refractivity contribution < 1.29 is 24.6 Å². The van der Waals surface area contributed by atoms with Crippen LogP contribution in [0.1, 0.15) is 23.2 Å². The molecule has 1 aromatic rings. The molecule has 4 N–H and O–H groups in total. The number of nitrogens with two attached hydrogens (primary N) is 1. The van der Waals surface area contributed by atoms with Gasteiger partial charge < -0.3 is 15.9 Å². The van der Waals surface area contributed by atoms with Crippen LogP contribution < -0.4 is 5.73 Å². The van der Waals surface area contributed by atoms with Gasteiger partial charge in [-0.3, -0.25) is 14.4 Å². The molecule has 0 saturated heterocycles. The molecule has 6 nitrogen and oxygen atoms in total. The van der Waals surface area contributed by atoms with Crippen molar-refractivity contribution in [3.8, 4) is 0 Å². The minimum Gasteiger partial charge on any atom is -0.511 e. The fourth-order valence-corrected chi connectivity index (χ4v) is 5.61. The Balaban J connectivity index is 1.83. The van der Waals surface area contributed by atoms with Crippen LogP contribution in [-0.2, 0) is 9.59 Å². The quantitative estimate of drug-likeness (QED) is 0.451. The Kier molecular flexibility index (Phi) is 3.50. The van der Waals surface area contributed by atoms with Gasteiger partial charge in [0.2, 0.25) is 0 Å². The second-order valence-electron chi connectivity index (χ2n) is 6.52. The van der Waals surface area contributed by atoms with Crippen molar-refractivity contribution in [2.45, 2.75) is 23.0 Å². The van der Waals surface area contributed by atoms with Crippen LogP contribution in [0.15, 0.2) is 51.8 Å². The van der Waals surface area contributed by atoms with Gasteiger partial charge in [-0.1, -0.05) is 12.1 Å². The highest BCUT2D eigenvalue weighted by atomic mass is 32.2. The molecule has 0 saturated carbocycles. The van der Waals surface area contributed by atoms with Crippen LogP contribution in [0.4, 0.5) is 0 Å². The molecule has 1 radical (unpaired) electrons. The summed E-state index contributed by atoms with van der Waals surface area (Å²) >= 11 is 0.893. The standard InChI is InChI=1S/C18H16NO5S/c19-18(24)13-9(20)5-7-6-11-14(17(23)12(7)16(13)22)15(21)8-3-1-2-4-10(8)25-11/h1-4,7,11-12,20,23,25H,5-6H2,(H2,19,24). The highest BCUT2D eigenvalue weighted by molar-refractivity contribution is 8.00. The predicted octanol–water partition coefficient (Wildman–Crippen LogP) is 1.79. The normalized spacial score (nSPS) is 28.4. The lowest BCUT2D eigenvalue weighted by molar-refractivity contribution is -0.125. The smallest absolute Gasteiger partial charge is 0.255 e. The Morgan fingerprint density at radius 1 is 1.20 bits per heavy atom. The molecule has 3 aliphatic rings. The third-order valence-corrected chi connectivity index (χ3v) is 6.56. The van der Waals surface area contributed by atoms with Crippen molar-refractivity contribution in [1.29, 1.82) is 0 Å². The third kappa shape index (κ3) is 2.22. The van der Waals surface area contributed by atoms with Crippen LogP contribution in [0.2, 0.25) is 0 Å². The zero-order valence-electron chi connectivity index (χ0n) is 13.1. The molecule has 129 valence electrons. The van der Waals surface area contributed by atoms with E-state index >= 15 is 0 Å². The number of benzene rings is 1. The average molecular weight is 358 g/mol. The van der Waals surface area contributed by atoms with Gasteiger partial charge in [-0.2, -0.15) is 11.8 Å². The minimum absolute atomic E-state index is 0.0911. The second-order valence-corrected chi connectivity index (χ2v) is 7.88. The lowest BCUT2D eigenvalue weighted by Crippen LogP contribution is -2.43. The van der Waals surface area contributed by atoms with Crippen molar-refractivity contribution in [3.63, 3.8) is 0 Å². The molecule has 1 aromatic carbocycles. The lowest BCUT2D eigenvalue weighted by atomic mass is 9.69. The van der Waals surface area contributed by atoms with Crippen LogP contribution in [0.25, 0.3) is 0 Å². The van der Waals surface area contributed by atoms with E-state index in [0.29, 0.717) is 12.0 Å². The molecule has 2 aliphatic carbocycles. The maximum absolute atomic E-state index is 12.8. The monoisotopic (exact) mass is 358 g/mol. The number of carbonyl (C=O) groups excluding carboxylic acids is 3.